The van der Waals surface area contributed by atoms with E-state index < -0.39 is 0 Å². The maximum atomic E-state index is 4.58. The van der Waals surface area contributed by atoms with E-state index in [4.69, 9.17) is 0 Å². The molecule has 0 bridgehead atoms. The van der Waals surface area contributed by atoms with E-state index in [1.807, 2.05) is 39.4 Å². The maximum Gasteiger partial charge on any atom is 0.224 e. The first-order chi connectivity index (χ1) is 12.2. The second kappa shape index (κ2) is 6.86. The SMILES string of the molecule is CC(C)=Nc1ncc(-c2c[nH]c3nc(NCC(C)(C)C)ncc23)cc1C. The number of hydrogen-bond acceptors (Lipinski definition) is 5. The smallest absolute Gasteiger partial charge is 0.224 e. The highest BCUT2D eigenvalue weighted by Gasteiger charge is 2.13. The van der Waals surface area contributed by atoms with E-state index in [2.05, 4.69) is 57.1 Å². The van der Waals surface area contributed by atoms with Crippen molar-refractivity contribution < 1.29 is 0 Å². The Bertz CT molecular complexity index is 958. The number of nitrogens with one attached hydrogen (secondary N) is 2. The van der Waals surface area contributed by atoms with Crippen LogP contribution in [0, 0.1) is 12.3 Å². The van der Waals surface area contributed by atoms with Gasteiger partial charge in [-0.05, 0) is 37.8 Å². The van der Waals surface area contributed by atoms with E-state index in [0.717, 1.165) is 45.8 Å². The number of rotatable bonds is 4. The van der Waals surface area contributed by atoms with Crippen LogP contribution in [0.5, 0.6) is 0 Å². The maximum absolute atomic E-state index is 4.58. The van der Waals surface area contributed by atoms with Crippen LogP contribution in [0.15, 0.2) is 29.6 Å². The van der Waals surface area contributed by atoms with E-state index in [1.165, 1.54) is 0 Å². The summed E-state index contributed by atoms with van der Waals surface area (Å²) in [5.41, 5.74) is 5.09. The Morgan fingerprint density at radius 3 is 2.62 bits per heavy atom. The van der Waals surface area contributed by atoms with Crippen molar-refractivity contribution in [2.24, 2.45) is 10.4 Å². The highest BCUT2D eigenvalue weighted by molar-refractivity contribution is 5.93. The third kappa shape index (κ3) is 4.07. The van der Waals surface area contributed by atoms with Crippen molar-refractivity contribution in [3.63, 3.8) is 0 Å². The van der Waals surface area contributed by atoms with Crippen molar-refractivity contribution in [1.29, 1.82) is 0 Å². The Morgan fingerprint density at radius 1 is 1.19 bits per heavy atom. The zero-order valence-corrected chi connectivity index (χ0v) is 16.3. The Morgan fingerprint density at radius 2 is 1.96 bits per heavy atom. The molecule has 0 amide bonds. The minimum atomic E-state index is 0.170. The molecule has 0 fully saturated rings. The first kappa shape index (κ1) is 18.0. The molecule has 0 saturated heterocycles. The molecule has 0 saturated carbocycles. The number of aryl methyl sites for hydroxylation is 1. The van der Waals surface area contributed by atoms with Gasteiger partial charge in [-0.15, -0.1) is 0 Å². The minimum Gasteiger partial charge on any atom is -0.354 e. The predicted octanol–water partition coefficient (Wildman–Crippen LogP) is 4.90. The average Bonchev–Trinajstić information content (AvgIpc) is 2.97. The van der Waals surface area contributed by atoms with Gasteiger partial charge >= 0.3 is 0 Å². The molecule has 0 unspecified atom stereocenters. The van der Waals surface area contributed by atoms with Crippen molar-refractivity contribution in [2.75, 3.05) is 11.9 Å². The molecular formula is C20H26N6. The molecule has 0 aliphatic rings. The lowest BCUT2D eigenvalue weighted by atomic mass is 9.97. The van der Waals surface area contributed by atoms with Crippen molar-refractivity contribution in [2.45, 2.75) is 41.5 Å². The number of pyridine rings is 1. The van der Waals surface area contributed by atoms with Gasteiger partial charge in [-0.25, -0.2) is 15.0 Å². The minimum absolute atomic E-state index is 0.170. The van der Waals surface area contributed by atoms with Crippen molar-refractivity contribution in [1.82, 2.24) is 19.9 Å². The fourth-order valence-electron chi connectivity index (χ4n) is 2.62. The summed E-state index contributed by atoms with van der Waals surface area (Å²) >= 11 is 0. The van der Waals surface area contributed by atoms with Crippen LogP contribution in [-0.4, -0.2) is 32.2 Å². The number of aromatic nitrogens is 4. The Kier molecular flexibility index (Phi) is 4.76. The lowest BCUT2D eigenvalue weighted by Crippen LogP contribution is -2.20. The van der Waals surface area contributed by atoms with E-state index >= 15 is 0 Å². The summed E-state index contributed by atoms with van der Waals surface area (Å²) in [4.78, 5) is 21.3. The van der Waals surface area contributed by atoms with E-state index in [-0.39, 0.29) is 5.41 Å². The van der Waals surface area contributed by atoms with Crippen LogP contribution < -0.4 is 5.32 Å². The number of aliphatic imine (C=N–C) groups is 1. The first-order valence-electron chi connectivity index (χ1n) is 8.80. The van der Waals surface area contributed by atoms with Crippen LogP contribution >= 0.6 is 0 Å². The quantitative estimate of drug-likeness (QED) is 0.656. The summed E-state index contributed by atoms with van der Waals surface area (Å²) < 4.78 is 0. The summed E-state index contributed by atoms with van der Waals surface area (Å²) in [6, 6.07) is 2.10. The van der Waals surface area contributed by atoms with E-state index in [0.29, 0.717) is 5.95 Å². The van der Waals surface area contributed by atoms with Crippen molar-refractivity contribution in [3.8, 4) is 11.1 Å². The zero-order valence-electron chi connectivity index (χ0n) is 16.3. The van der Waals surface area contributed by atoms with Crippen LogP contribution in [0.2, 0.25) is 0 Å². The van der Waals surface area contributed by atoms with E-state index in [1.54, 1.807) is 0 Å². The molecule has 26 heavy (non-hydrogen) atoms. The third-order valence-electron chi connectivity index (χ3n) is 3.90. The molecule has 0 aliphatic carbocycles. The normalized spacial score (nSPS) is 11.6. The molecule has 136 valence electrons. The van der Waals surface area contributed by atoms with Crippen LogP contribution in [0.25, 0.3) is 22.2 Å². The number of fused-ring (bicyclic) bond motifs is 1. The summed E-state index contributed by atoms with van der Waals surface area (Å²) in [7, 11) is 0. The van der Waals surface area contributed by atoms with Gasteiger partial charge in [-0.2, -0.15) is 4.98 Å². The van der Waals surface area contributed by atoms with Gasteiger partial charge in [0.1, 0.15) is 5.65 Å². The summed E-state index contributed by atoms with van der Waals surface area (Å²) in [5.74, 6) is 1.40. The van der Waals surface area contributed by atoms with Crippen molar-refractivity contribution in [3.05, 3.63) is 30.2 Å². The number of H-pyrrole nitrogens is 1. The van der Waals surface area contributed by atoms with Gasteiger partial charge in [-0.1, -0.05) is 20.8 Å². The summed E-state index contributed by atoms with van der Waals surface area (Å²) in [6.45, 7) is 13.3. The molecule has 3 heterocycles. The topological polar surface area (TPSA) is 78.8 Å². The molecule has 0 aliphatic heterocycles. The first-order valence-corrected chi connectivity index (χ1v) is 8.80. The lowest BCUT2D eigenvalue weighted by molar-refractivity contribution is 0.442. The Balaban J connectivity index is 1.92. The molecular weight excluding hydrogens is 324 g/mol. The van der Waals surface area contributed by atoms with Gasteiger partial charge in [0.25, 0.3) is 0 Å². The van der Waals surface area contributed by atoms with Crippen LogP contribution in [0.1, 0.15) is 40.2 Å². The molecule has 0 spiro atoms. The fourth-order valence-corrected chi connectivity index (χ4v) is 2.62. The van der Waals surface area contributed by atoms with Crippen LogP contribution in [-0.2, 0) is 0 Å². The predicted molar refractivity (Wildman–Crippen MR) is 108 cm³/mol. The lowest BCUT2D eigenvalue weighted by Gasteiger charge is -2.18. The number of hydrogen-bond donors (Lipinski definition) is 2. The molecule has 6 nitrogen and oxygen atoms in total. The van der Waals surface area contributed by atoms with E-state index in [9.17, 15) is 0 Å². The Labute approximate surface area is 154 Å². The molecule has 3 aromatic heterocycles. The monoisotopic (exact) mass is 350 g/mol. The molecule has 0 radical (unpaired) electrons. The van der Waals surface area contributed by atoms with Gasteiger partial charge in [0, 0.05) is 47.4 Å². The van der Waals surface area contributed by atoms with Crippen LogP contribution in [0.3, 0.4) is 0 Å². The van der Waals surface area contributed by atoms with Gasteiger partial charge in [0.15, 0.2) is 5.82 Å². The average molecular weight is 350 g/mol. The Hall–Kier alpha value is -2.76. The second-order valence-electron chi connectivity index (χ2n) is 8.00. The summed E-state index contributed by atoms with van der Waals surface area (Å²) in [5, 5.41) is 4.27. The number of anilines is 1. The standard InChI is InChI=1S/C20H26N6/c1-12(2)25-17-13(3)7-14(8-21-17)15-9-22-18-16(15)10-23-19(26-18)24-11-20(4,5)6/h7-10H,11H2,1-6H3,(H2,22,23,24,26). The largest absolute Gasteiger partial charge is 0.354 e. The fraction of sp³-hybridized carbons (Fsp3) is 0.400. The molecule has 3 rings (SSSR count). The number of aromatic amines is 1. The molecule has 6 heteroatoms. The van der Waals surface area contributed by atoms with Gasteiger partial charge in [0.05, 0.1) is 0 Å². The van der Waals surface area contributed by atoms with Gasteiger partial charge in [-0.3, -0.25) is 0 Å². The molecule has 3 aromatic rings. The zero-order chi connectivity index (χ0) is 18.9. The highest BCUT2D eigenvalue weighted by atomic mass is 15.1. The summed E-state index contributed by atoms with van der Waals surface area (Å²) in [6.07, 6.45) is 5.66. The molecule has 0 atom stereocenters. The highest BCUT2D eigenvalue weighted by Crippen LogP contribution is 2.30. The molecule has 2 N–H and O–H groups in total. The van der Waals surface area contributed by atoms with Gasteiger partial charge < -0.3 is 10.3 Å². The third-order valence-corrected chi connectivity index (χ3v) is 3.90. The van der Waals surface area contributed by atoms with Gasteiger partial charge in [0.2, 0.25) is 5.95 Å². The second-order valence-corrected chi connectivity index (χ2v) is 8.00. The molecule has 0 aromatic carbocycles. The van der Waals surface area contributed by atoms with Crippen molar-refractivity contribution >= 4 is 28.5 Å². The van der Waals surface area contributed by atoms with Crippen LogP contribution in [0.4, 0.5) is 11.8 Å². The number of nitrogens with zero attached hydrogens (tertiary/aromatic N) is 4.